The SMILES string of the molecule is COc1cc(C(=O)NCC2(c3ccccc3)CC2)cc(Cl)c1OC(C)C. The molecule has 1 N–H and O–H groups in total. The van der Waals surface area contributed by atoms with Crippen LogP contribution in [0.15, 0.2) is 42.5 Å². The van der Waals surface area contributed by atoms with E-state index < -0.39 is 0 Å². The van der Waals surface area contributed by atoms with Crippen molar-refractivity contribution in [1.29, 1.82) is 0 Å². The van der Waals surface area contributed by atoms with Crippen LogP contribution in [0.25, 0.3) is 0 Å². The molecule has 0 aliphatic heterocycles. The van der Waals surface area contributed by atoms with Crippen molar-refractivity contribution < 1.29 is 14.3 Å². The second kappa shape index (κ2) is 7.58. The van der Waals surface area contributed by atoms with E-state index in [1.54, 1.807) is 12.1 Å². The predicted molar refractivity (Wildman–Crippen MR) is 103 cm³/mol. The second-order valence-corrected chi connectivity index (χ2v) is 7.39. The highest BCUT2D eigenvalue weighted by Gasteiger charge is 2.44. The van der Waals surface area contributed by atoms with Crippen molar-refractivity contribution in [2.75, 3.05) is 13.7 Å². The highest BCUT2D eigenvalue weighted by molar-refractivity contribution is 6.32. The van der Waals surface area contributed by atoms with Gasteiger partial charge in [0.25, 0.3) is 5.91 Å². The van der Waals surface area contributed by atoms with Crippen LogP contribution in [0.3, 0.4) is 0 Å². The van der Waals surface area contributed by atoms with Gasteiger partial charge in [-0.2, -0.15) is 0 Å². The van der Waals surface area contributed by atoms with E-state index in [9.17, 15) is 4.79 Å². The zero-order chi connectivity index (χ0) is 18.7. The van der Waals surface area contributed by atoms with Crippen molar-refractivity contribution in [3.8, 4) is 11.5 Å². The number of rotatable bonds is 7. The van der Waals surface area contributed by atoms with E-state index in [1.807, 2.05) is 32.0 Å². The Morgan fingerprint density at radius 2 is 1.92 bits per heavy atom. The Hall–Kier alpha value is -2.20. The molecular weight excluding hydrogens is 350 g/mol. The zero-order valence-corrected chi connectivity index (χ0v) is 16.1. The number of nitrogens with one attached hydrogen (secondary N) is 1. The van der Waals surface area contributed by atoms with Gasteiger partial charge in [-0.3, -0.25) is 4.79 Å². The Kier molecular flexibility index (Phi) is 5.42. The number of hydrogen-bond donors (Lipinski definition) is 1. The molecule has 0 heterocycles. The topological polar surface area (TPSA) is 47.6 Å². The first-order valence-corrected chi connectivity index (χ1v) is 9.21. The van der Waals surface area contributed by atoms with E-state index in [2.05, 4.69) is 17.4 Å². The van der Waals surface area contributed by atoms with Gasteiger partial charge >= 0.3 is 0 Å². The Morgan fingerprint density at radius 1 is 1.23 bits per heavy atom. The predicted octanol–water partition coefficient (Wildman–Crippen LogP) is 4.60. The van der Waals surface area contributed by atoms with Crippen molar-refractivity contribution >= 4 is 17.5 Å². The maximum atomic E-state index is 12.6. The van der Waals surface area contributed by atoms with Crippen molar-refractivity contribution in [3.63, 3.8) is 0 Å². The Labute approximate surface area is 159 Å². The number of amides is 1. The fourth-order valence-electron chi connectivity index (χ4n) is 3.06. The number of hydrogen-bond acceptors (Lipinski definition) is 3. The lowest BCUT2D eigenvalue weighted by atomic mass is 9.96. The molecule has 1 fully saturated rings. The average Bonchev–Trinajstić information content (AvgIpc) is 3.43. The number of benzene rings is 2. The molecular formula is C21H24ClNO3. The van der Waals surface area contributed by atoms with E-state index >= 15 is 0 Å². The summed E-state index contributed by atoms with van der Waals surface area (Å²) < 4.78 is 11.1. The number of methoxy groups -OCH3 is 1. The standard InChI is InChI=1S/C21H24ClNO3/c1-14(2)26-19-17(22)11-15(12-18(19)25-3)20(24)23-13-21(9-10-21)16-7-5-4-6-8-16/h4-8,11-12,14H,9-10,13H2,1-3H3,(H,23,24). The smallest absolute Gasteiger partial charge is 0.251 e. The first-order chi connectivity index (χ1) is 12.4. The summed E-state index contributed by atoms with van der Waals surface area (Å²) in [5.41, 5.74) is 1.80. The summed E-state index contributed by atoms with van der Waals surface area (Å²) in [6.07, 6.45) is 2.13. The molecule has 0 atom stereocenters. The summed E-state index contributed by atoms with van der Waals surface area (Å²) in [7, 11) is 1.54. The van der Waals surface area contributed by atoms with E-state index in [0.717, 1.165) is 12.8 Å². The van der Waals surface area contributed by atoms with Gasteiger partial charge in [0.2, 0.25) is 0 Å². The third-order valence-electron chi connectivity index (χ3n) is 4.67. The maximum Gasteiger partial charge on any atom is 0.251 e. The number of ether oxygens (including phenoxy) is 2. The molecule has 0 saturated heterocycles. The molecule has 0 bridgehead atoms. The molecule has 5 heteroatoms. The molecule has 3 rings (SSSR count). The van der Waals surface area contributed by atoms with Gasteiger partial charge in [0.05, 0.1) is 18.2 Å². The van der Waals surface area contributed by atoms with Crippen LogP contribution in [0.5, 0.6) is 11.5 Å². The first kappa shape index (κ1) is 18.6. The van der Waals surface area contributed by atoms with Crippen LogP contribution in [0, 0.1) is 0 Å². The lowest BCUT2D eigenvalue weighted by Crippen LogP contribution is -2.32. The highest BCUT2D eigenvalue weighted by atomic mass is 35.5. The first-order valence-electron chi connectivity index (χ1n) is 8.83. The van der Waals surface area contributed by atoms with Crippen molar-refractivity contribution in [2.45, 2.75) is 38.2 Å². The number of carbonyl (C=O) groups is 1. The quantitative estimate of drug-likeness (QED) is 0.771. The third-order valence-corrected chi connectivity index (χ3v) is 4.95. The molecule has 26 heavy (non-hydrogen) atoms. The van der Waals surface area contributed by atoms with Crippen LogP contribution in [0.2, 0.25) is 5.02 Å². The van der Waals surface area contributed by atoms with E-state index in [4.69, 9.17) is 21.1 Å². The van der Waals surface area contributed by atoms with Crippen LogP contribution in [0.4, 0.5) is 0 Å². The molecule has 1 amide bonds. The van der Waals surface area contributed by atoms with Gasteiger partial charge in [-0.15, -0.1) is 0 Å². The van der Waals surface area contributed by atoms with Crippen LogP contribution >= 0.6 is 11.6 Å². The summed E-state index contributed by atoms with van der Waals surface area (Å²) in [6, 6.07) is 13.6. The molecule has 1 saturated carbocycles. The van der Waals surface area contributed by atoms with Gasteiger partial charge in [-0.1, -0.05) is 41.9 Å². The second-order valence-electron chi connectivity index (χ2n) is 6.99. The lowest BCUT2D eigenvalue weighted by Gasteiger charge is -2.18. The molecule has 0 radical (unpaired) electrons. The van der Waals surface area contributed by atoms with Crippen LogP contribution < -0.4 is 14.8 Å². The zero-order valence-electron chi connectivity index (χ0n) is 15.3. The monoisotopic (exact) mass is 373 g/mol. The van der Waals surface area contributed by atoms with Gasteiger partial charge in [0.15, 0.2) is 11.5 Å². The molecule has 0 unspecified atom stereocenters. The Morgan fingerprint density at radius 3 is 2.50 bits per heavy atom. The van der Waals surface area contributed by atoms with Crippen molar-refractivity contribution in [3.05, 3.63) is 58.6 Å². The van der Waals surface area contributed by atoms with Gasteiger partial charge in [-0.25, -0.2) is 0 Å². The molecule has 2 aromatic carbocycles. The lowest BCUT2D eigenvalue weighted by molar-refractivity contribution is 0.0949. The van der Waals surface area contributed by atoms with Crippen LogP contribution in [-0.2, 0) is 5.41 Å². The Balaban J connectivity index is 1.73. The number of carbonyl (C=O) groups excluding carboxylic acids is 1. The normalized spacial score (nSPS) is 14.8. The molecule has 0 spiro atoms. The average molecular weight is 374 g/mol. The molecule has 4 nitrogen and oxygen atoms in total. The largest absolute Gasteiger partial charge is 0.493 e. The minimum Gasteiger partial charge on any atom is -0.493 e. The van der Waals surface area contributed by atoms with Crippen molar-refractivity contribution in [1.82, 2.24) is 5.32 Å². The molecule has 1 aliphatic rings. The molecule has 2 aromatic rings. The van der Waals surface area contributed by atoms with E-state index in [-0.39, 0.29) is 17.4 Å². The van der Waals surface area contributed by atoms with Crippen LogP contribution in [0.1, 0.15) is 42.6 Å². The Bertz CT molecular complexity index is 785. The fourth-order valence-corrected chi connectivity index (χ4v) is 3.32. The molecule has 1 aliphatic carbocycles. The van der Waals surface area contributed by atoms with Crippen molar-refractivity contribution in [2.24, 2.45) is 0 Å². The summed E-state index contributed by atoms with van der Waals surface area (Å²) in [5.74, 6) is 0.757. The summed E-state index contributed by atoms with van der Waals surface area (Å²) in [5, 5.41) is 3.41. The van der Waals surface area contributed by atoms with Gasteiger partial charge in [0.1, 0.15) is 0 Å². The fraction of sp³-hybridized carbons (Fsp3) is 0.381. The summed E-state index contributed by atoms with van der Waals surface area (Å²) in [6.45, 7) is 4.43. The highest BCUT2D eigenvalue weighted by Crippen LogP contribution is 2.47. The van der Waals surface area contributed by atoms with E-state index in [0.29, 0.717) is 28.6 Å². The minimum atomic E-state index is -0.163. The summed E-state index contributed by atoms with van der Waals surface area (Å²) >= 11 is 6.31. The van der Waals surface area contributed by atoms with E-state index in [1.165, 1.54) is 12.7 Å². The van der Waals surface area contributed by atoms with Gasteiger partial charge in [-0.05, 0) is 44.4 Å². The summed E-state index contributed by atoms with van der Waals surface area (Å²) in [4.78, 5) is 12.6. The number of halogens is 1. The third kappa shape index (κ3) is 3.96. The molecule has 0 aromatic heterocycles. The maximum absolute atomic E-state index is 12.6. The minimum absolute atomic E-state index is 0.0401. The van der Waals surface area contributed by atoms with Gasteiger partial charge in [0, 0.05) is 17.5 Å². The van der Waals surface area contributed by atoms with Gasteiger partial charge < -0.3 is 14.8 Å². The van der Waals surface area contributed by atoms with Crippen LogP contribution in [-0.4, -0.2) is 25.7 Å². The molecule has 138 valence electrons.